The maximum atomic E-state index is 5.09. The highest BCUT2D eigenvalue weighted by atomic mass is 32.2. The van der Waals surface area contributed by atoms with Crippen molar-refractivity contribution in [3.8, 4) is 0 Å². The first-order chi connectivity index (χ1) is 5.66. The van der Waals surface area contributed by atoms with Gasteiger partial charge < -0.3 is 4.74 Å². The van der Waals surface area contributed by atoms with Gasteiger partial charge in [-0.3, -0.25) is 0 Å². The topological polar surface area (TPSA) is 9.23 Å². The summed E-state index contributed by atoms with van der Waals surface area (Å²) in [6.45, 7) is 6.31. The molecule has 0 aromatic heterocycles. The van der Waals surface area contributed by atoms with Crippen LogP contribution in [-0.2, 0) is 4.74 Å². The lowest BCUT2D eigenvalue weighted by Gasteiger charge is -2.03. The van der Waals surface area contributed by atoms with E-state index in [1.54, 1.807) is 18.0 Å². The Balaban J connectivity index is 3.32. The Morgan fingerprint density at radius 1 is 1.58 bits per heavy atom. The molecule has 0 aromatic rings. The quantitative estimate of drug-likeness (QED) is 0.511. The molecule has 0 atom stereocenters. The molecule has 0 aliphatic heterocycles. The van der Waals surface area contributed by atoms with Crippen LogP contribution in [0.15, 0.2) is 12.3 Å². The first-order valence-corrected chi connectivity index (χ1v) is 5.50. The molecule has 0 N–H and O–H groups in total. The highest BCUT2D eigenvalue weighted by molar-refractivity contribution is 8.22. The van der Waals surface area contributed by atoms with E-state index in [2.05, 4.69) is 13.8 Å². The van der Waals surface area contributed by atoms with Crippen molar-refractivity contribution in [2.45, 2.75) is 27.2 Å². The summed E-state index contributed by atoms with van der Waals surface area (Å²) < 4.78 is 5.71. The van der Waals surface area contributed by atoms with Gasteiger partial charge in [0.05, 0.1) is 6.26 Å². The van der Waals surface area contributed by atoms with Gasteiger partial charge in [-0.2, -0.15) is 0 Å². The van der Waals surface area contributed by atoms with E-state index in [-0.39, 0.29) is 0 Å². The number of allylic oxidation sites excluding steroid dienone is 1. The molecule has 0 saturated heterocycles. The van der Waals surface area contributed by atoms with E-state index in [9.17, 15) is 0 Å². The second-order valence-corrected chi connectivity index (χ2v) is 4.57. The van der Waals surface area contributed by atoms with E-state index in [1.165, 1.54) is 6.42 Å². The smallest absolute Gasteiger partial charge is 0.224 e. The maximum Gasteiger partial charge on any atom is 0.224 e. The monoisotopic (exact) mass is 204 g/mol. The summed E-state index contributed by atoms with van der Waals surface area (Å²) in [6, 6.07) is 0. The molecule has 0 rings (SSSR count). The average Bonchev–Trinajstić information content (AvgIpc) is 2.00. The van der Waals surface area contributed by atoms with Gasteiger partial charge in [-0.25, -0.2) is 0 Å². The first-order valence-electron chi connectivity index (χ1n) is 4.11. The Labute approximate surface area is 84.6 Å². The van der Waals surface area contributed by atoms with Crippen LogP contribution in [0.2, 0.25) is 0 Å². The molecule has 0 unspecified atom stereocenters. The van der Waals surface area contributed by atoms with Crippen molar-refractivity contribution in [3.63, 3.8) is 0 Å². The molecule has 0 aliphatic rings. The molecule has 0 heterocycles. The second kappa shape index (κ2) is 7.62. The van der Waals surface area contributed by atoms with Crippen LogP contribution in [0.4, 0.5) is 0 Å². The summed E-state index contributed by atoms with van der Waals surface area (Å²) in [5, 5.41) is 0. The molecule has 0 radical (unpaired) electrons. The van der Waals surface area contributed by atoms with Crippen LogP contribution < -0.4 is 0 Å². The number of thioether (sulfide) groups is 1. The van der Waals surface area contributed by atoms with Gasteiger partial charge in [-0.15, -0.1) is 0 Å². The van der Waals surface area contributed by atoms with Gasteiger partial charge in [0.2, 0.25) is 4.38 Å². The van der Waals surface area contributed by atoms with Gasteiger partial charge in [0.1, 0.15) is 0 Å². The summed E-state index contributed by atoms with van der Waals surface area (Å²) in [6.07, 6.45) is 4.63. The molecule has 0 aromatic carbocycles. The molecular formula is C9H16OS2. The molecule has 0 bridgehead atoms. The minimum atomic E-state index is 0.619. The second-order valence-electron chi connectivity index (χ2n) is 2.87. The van der Waals surface area contributed by atoms with Crippen molar-refractivity contribution in [1.82, 2.24) is 0 Å². The maximum absolute atomic E-state index is 5.09. The van der Waals surface area contributed by atoms with Gasteiger partial charge in [0.15, 0.2) is 0 Å². The van der Waals surface area contributed by atoms with Crippen LogP contribution >= 0.6 is 24.0 Å². The summed E-state index contributed by atoms with van der Waals surface area (Å²) in [5.74, 6) is 1.79. The molecule has 3 heteroatoms. The van der Waals surface area contributed by atoms with Crippen LogP contribution in [0.25, 0.3) is 0 Å². The van der Waals surface area contributed by atoms with Crippen molar-refractivity contribution >= 4 is 28.4 Å². The zero-order chi connectivity index (χ0) is 9.40. The third-order valence-electron chi connectivity index (χ3n) is 1.22. The van der Waals surface area contributed by atoms with E-state index in [0.29, 0.717) is 4.38 Å². The SMILES string of the molecule is CC=COC(=S)SCCC(C)C. The number of rotatable bonds is 4. The molecule has 0 aliphatic carbocycles. The lowest BCUT2D eigenvalue weighted by molar-refractivity contribution is 0.497. The molecule has 70 valence electrons. The van der Waals surface area contributed by atoms with Crippen molar-refractivity contribution in [3.05, 3.63) is 12.3 Å². The normalized spacial score (nSPS) is 11.0. The molecule has 0 saturated carbocycles. The summed E-state index contributed by atoms with van der Waals surface area (Å²) in [5.41, 5.74) is 0. The summed E-state index contributed by atoms with van der Waals surface area (Å²) >= 11 is 6.56. The Bertz CT molecular complexity index is 153. The minimum absolute atomic E-state index is 0.619. The fraction of sp³-hybridized carbons (Fsp3) is 0.667. The third-order valence-corrected chi connectivity index (χ3v) is 2.44. The zero-order valence-electron chi connectivity index (χ0n) is 7.87. The van der Waals surface area contributed by atoms with Crippen LogP contribution in [0, 0.1) is 5.92 Å². The minimum Gasteiger partial charge on any atom is -0.448 e. The Hall–Kier alpha value is -0.0200. The van der Waals surface area contributed by atoms with Crippen LogP contribution in [0.5, 0.6) is 0 Å². The van der Waals surface area contributed by atoms with Crippen molar-refractivity contribution in [1.29, 1.82) is 0 Å². The van der Waals surface area contributed by atoms with Crippen molar-refractivity contribution in [2.75, 3.05) is 5.75 Å². The fourth-order valence-electron chi connectivity index (χ4n) is 0.536. The zero-order valence-corrected chi connectivity index (χ0v) is 9.50. The van der Waals surface area contributed by atoms with Crippen LogP contribution in [0.3, 0.4) is 0 Å². The van der Waals surface area contributed by atoms with Crippen LogP contribution in [-0.4, -0.2) is 10.1 Å². The Morgan fingerprint density at radius 2 is 2.25 bits per heavy atom. The number of hydrogen-bond acceptors (Lipinski definition) is 3. The van der Waals surface area contributed by atoms with E-state index < -0.39 is 0 Å². The number of ether oxygens (including phenoxy) is 1. The Kier molecular flexibility index (Phi) is 7.61. The largest absolute Gasteiger partial charge is 0.448 e. The number of thiocarbonyl (C=S) groups is 1. The predicted molar refractivity (Wildman–Crippen MR) is 60.4 cm³/mol. The predicted octanol–water partition coefficient (Wildman–Crippen LogP) is 3.60. The van der Waals surface area contributed by atoms with Crippen LogP contribution in [0.1, 0.15) is 27.2 Å². The molecule has 1 nitrogen and oxygen atoms in total. The van der Waals surface area contributed by atoms with Gasteiger partial charge in [-0.05, 0) is 31.5 Å². The summed E-state index contributed by atoms with van der Waals surface area (Å²) in [4.78, 5) is 0. The lowest BCUT2D eigenvalue weighted by atomic mass is 10.2. The van der Waals surface area contributed by atoms with E-state index in [1.807, 2.05) is 13.0 Å². The molecular weight excluding hydrogens is 188 g/mol. The average molecular weight is 204 g/mol. The first kappa shape index (κ1) is 12.0. The summed E-state index contributed by atoms with van der Waals surface area (Å²) in [7, 11) is 0. The highest BCUT2D eigenvalue weighted by Crippen LogP contribution is 2.11. The van der Waals surface area contributed by atoms with Gasteiger partial charge in [0.25, 0.3) is 0 Å². The van der Waals surface area contributed by atoms with Crippen molar-refractivity contribution in [2.24, 2.45) is 5.92 Å². The van der Waals surface area contributed by atoms with E-state index in [4.69, 9.17) is 17.0 Å². The molecule has 0 fully saturated rings. The standard InChI is InChI=1S/C9H16OS2/c1-4-6-10-9(11)12-7-5-8(2)3/h4,6,8H,5,7H2,1-3H3. The molecule has 0 spiro atoms. The van der Waals surface area contributed by atoms with Crippen molar-refractivity contribution < 1.29 is 4.74 Å². The van der Waals surface area contributed by atoms with Gasteiger partial charge in [-0.1, -0.05) is 31.7 Å². The van der Waals surface area contributed by atoms with Gasteiger partial charge >= 0.3 is 0 Å². The van der Waals surface area contributed by atoms with E-state index >= 15 is 0 Å². The molecule has 0 amide bonds. The van der Waals surface area contributed by atoms with E-state index in [0.717, 1.165) is 11.7 Å². The fourth-order valence-corrected chi connectivity index (χ4v) is 1.72. The number of hydrogen-bond donors (Lipinski definition) is 0. The Morgan fingerprint density at radius 3 is 2.75 bits per heavy atom. The third kappa shape index (κ3) is 8.08. The van der Waals surface area contributed by atoms with Gasteiger partial charge in [0, 0.05) is 5.75 Å². The lowest BCUT2D eigenvalue weighted by Crippen LogP contribution is -1.95. The molecule has 12 heavy (non-hydrogen) atoms. The highest BCUT2D eigenvalue weighted by Gasteiger charge is 1.98.